The average molecular weight is 275 g/mol. The van der Waals surface area contributed by atoms with Crippen molar-refractivity contribution in [2.24, 2.45) is 5.10 Å². The molecule has 0 saturated carbocycles. The Balaban J connectivity index is 1.75. The summed E-state index contributed by atoms with van der Waals surface area (Å²) in [5, 5.41) is 6.88. The van der Waals surface area contributed by atoms with Gasteiger partial charge in [0.2, 0.25) is 0 Å². The highest BCUT2D eigenvalue weighted by Crippen LogP contribution is 2.36. The highest BCUT2D eigenvalue weighted by Gasteiger charge is 2.27. The van der Waals surface area contributed by atoms with E-state index in [2.05, 4.69) is 41.4 Å². The Kier molecular flexibility index (Phi) is 2.89. The molecule has 1 aliphatic heterocycles. The summed E-state index contributed by atoms with van der Waals surface area (Å²) in [5.41, 5.74) is 3.38. The van der Waals surface area contributed by atoms with Gasteiger partial charge in [0, 0.05) is 12.5 Å². The topological polar surface area (TPSA) is 28.7 Å². The van der Waals surface area contributed by atoms with Gasteiger partial charge in [0.25, 0.3) is 0 Å². The van der Waals surface area contributed by atoms with Gasteiger partial charge in [-0.25, -0.2) is 6.07 Å². The van der Waals surface area contributed by atoms with Gasteiger partial charge in [0.15, 0.2) is 0 Å². The minimum absolute atomic E-state index is 0.225. The third kappa shape index (κ3) is 2.17. The van der Waals surface area contributed by atoms with Crippen LogP contribution in [0.3, 0.4) is 0 Å². The van der Waals surface area contributed by atoms with Crippen LogP contribution in [0.1, 0.15) is 23.8 Å². The van der Waals surface area contributed by atoms with E-state index >= 15 is 0 Å². The third-order valence-electron chi connectivity index (χ3n) is 3.81. The molecule has 0 saturated heterocycles. The van der Waals surface area contributed by atoms with Gasteiger partial charge >= 0.3 is 0 Å². The van der Waals surface area contributed by atoms with E-state index in [0.29, 0.717) is 0 Å². The van der Waals surface area contributed by atoms with Crippen molar-refractivity contribution in [3.05, 3.63) is 84.3 Å². The van der Waals surface area contributed by atoms with Gasteiger partial charge in [-0.1, -0.05) is 18.2 Å². The summed E-state index contributed by atoms with van der Waals surface area (Å²) in [6.45, 7) is 0. The van der Waals surface area contributed by atoms with Gasteiger partial charge in [0.05, 0.1) is 12.0 Å². The molecule has 21 heavy (non-hydrogen) atoms. The van der Waals surface area contributed by atoms with E-state index in [0.717, 1.165) is 23.6 Å². The molecule has 0 N–H and O–H groups in total. The van der Waals surface area contributed by atoms with E-state index in [1.807, 2.05) is 30.3 Å². The second kappa shape index (κ2) is 5.02. The van der Waals surface area contributed by atoms with Gasteiger partial charge in [0.1, 0.15) is 11.5 Å². The Morgan fingerprint density at radius 2 is 2.00 bits per heavy atom. The van der Waals surface area contributed by atoms with Crippen molar-refractivity contribution in [1.29, 1.82) is 0 Å². The normalized spacial score (nSPS) is 18.0. The fourth-order valence-corrected chi connectivity index (χ4v) is 2.79. The maximum atomic E-state index is 5.51. The first kappa shape index (κ1) is 12.1. The van der Waals surface area contributed by atoms with Gasteiger partial charge in [-0.15, -0.1) is 0 Å². The lowest BCUT2D eigenvalue weighted by Crippen LogP contribution is -2.17. The molecule has 1 aromatic heterocycles. The van der Waals surface area contributed by atoms with E-state index in [-0.39, 0.29) is 6.04 Å². The monoisotopic (exact) mass is 275 g/mol. The molecule has 0 spiro atoms. The van der Waals surface area contributed by atoms with Crippen molar-refractivity contribution in [3.8, 4) is 0 Å². The van der Waals surface area contributed by atoms with Crippen LogP contribution in [0.15, 0.2) is 82.5 Å². The molecule has 0 aliphatic carbocycles. The average Bonchev–Trinajstić information content (AvgIpc) is 3.27. The summed E-state index contributed by atoms with van der Waals surface area (Å²) in [4.78, 5) is 0. The van der Waals surface area contributed by atoms with Crippen molar-refractivity contribution in [2.45, 2.75) is 12.5 Å². The second-order valence-electron chi connectivity index (χ2n) is 5.14. The van der Waals surface area contributed by atoms with E-state index in [9.17, 15) is 0 Å². The zero-order chi connectivity index (χ0) is 14.1. The van der Waals surface area contributed by atoms with E-state index in [1.165, 1.54) is 5.56 Å². The molecule has 3 heteroatoms. The first-order valence-corrected chi connectivity index (χ1v) is 7.09. The van der Waals surface area contributed by atoms with Crippen molar-refractivity contribution < 1.29 is 4.42 Å². The number of anilines is 1. The predicted octanol–water partition coefficient (Wildman–Crippen LogP) is 4.35. The van der Waals surface area contributed by atoms with Crippen LogP contribution in [0.4, 0.5) is 5.69 Å². The summed E-state index contributed by atoms with van der Waals surface area (Å²) in [5.74, 6) is 0.852. The number of hydrazone groups is 1. The number of nitrogens with zero attached hydrogens (tertiary/aromatic N) is 2. The molecule has 2 aromatic carbocycles. The Morgan fingerprint density at radius 1 is 1.10 bits per heavy atom. The lowest BCUT2D eigenvalue weighted by atomic mass is 10.0. The predicted molar refractivity (Wildman–Crippen MR) is 83.6 cm³/mol. The van der Waals surface area contributed by atoms with E-state index < -0.39 is 0 Å². The van der Waals surface area contributed by atoms with Gasteiger partial charge < -0.3 is 4.42 Å². The van der Waals surface area contributed by atoms with Gasteiger partial charge in [-0.3, -0.25) is 5.01 Å². The second-order valence-corrected chi connectivity index (χ2v) is 5.14. The summed E-state index contributed by atoms with van der Waals surface area (Å²) < 4.78 is 5.51. The Hall–Kier alpha value is -2.68. The smallest absolute Gasteiger partial charge is 0.149 e. The molecule has 0 bridgehead atoms. The zero-order valence-electron chi connectivity index (χ0n) is 11.5. The standard InChI is InChI=1S/C18H15N2O/c1-2-9-15(10-3-1)20-17(14-7-4-5-8-14)13-16(19-20)18-11-6-12-21-18/h1-12,17H,13H2/q-1. The molecule has 1 atom stereocenters. The number of furan rings is 1. The quantitative estimate of drug-likeness (QED) is 0.665. The summed E-state index contributed by atoms with van der Waals surface area (Å²) in [6, 6.07) is 22.8. The van der Waals surface area contributed by atoms with E-state index in [4.69, 9.17) is 9.52 Å². The summed E-state index contributed by atoms with van der Waals surface area (Å²) in [6.07, 6.45) is 2.55. The molecule has 2 heterocycles. The lowest BCUT2D eigenvalue weighted by molar-refractivity contribution is 0.556. The molecule has 3 nitrogen and oxygen atoms in total. The summed E-state index contributed by atoms with van der Waals surface area (Å²) in [7, 11) is 0. The first-order chi connectivity index (χ1) is 10.4. The van der Waals surface area contributed by atoms with Crippen LogP contribution < -0.4 is 5.01 Å². The maximum absolute atomic E-state index is 5.51. The highest BCUT2D eigenvalue weighted by atomic mass is 16.3. The van der Waals surface area contributed by atoms with Crippen molar-refractivity contribution in [1.82, 2.24) is 0 Å². The molecule has 0 fully saturated rings. The van der Waals surface area contributed by atoms with Crippen LogP contribution in [-0.2, 0) is 0 Å². The van der Waals surface area contributed by atoms with Crippen molar-refractivity contribution in [3.63, 3.8) is 0 Å². The SMILES string of the molecule is c1ccc(N2N=C(c3ccco3)CC2c2cc[cH-]c2)cc1. The molecule has 1 unspecified atom stereocenters. The van der Waals surface area contributed by atoms with Crippen LogP contribution in [-0.4, -0.2) is 5.71 Å². The minimum atomic E-state index is 0.225. The van der Waals surface area contributed by atoms with Crippen molar-refractivity contribution in [2.75, 3.05) is 5.01 Å². The zero-order valence-corrected chi connectivity index (χ0v) is 11.5. The highest BCUT2D eigenvalue weighted by molar-refractivity contribution is 6.01. The number of hydrogen-bond donors (Lipinski definition) is 0. The molecular weight excluding hydrogens is 260 g/mol. The molecule has 1 aliphatic rings. The minimum Gasteiger partial charge on any atom is -0.463 e. The fraction of sp³-hybridized carbons (Fsp3) is 0.111. The fourth-order valence-electron chi connectivity index (χ4n) is 2.79. The number of benzene rings is 1. The molecule has 3 aromatic rings. The Labute approximate surface area is 123 Å². The molecular formula is C18H15N2O-. The molecule has 0 radical (unpaired) electrons. The number of rotatable bonds is 3. The largest absolute Gasteiger partial charge is 0.463 e. The molecule has 104 valence electrons. The van der Waals surface area contributed by atoms with Crippen LogP contribution >= 0.6 is 0 Å². The Bertz CT molecular complexity index is 727. The van der Waals surface area contributed by atoms with E-state index in [1.54, 1.807) is 6.26 Å². The third-order valence-corrected chi connectivity index (χ3v) is 3.81. The maximum Gasteiger partial charge on any atom is 0.149 e. The summed E-state index contributed by atoms with van der Waals surface area (Å²) >= 11 is 0. The Morgan fingerprint density at radius 3 is 2.71 bits per heavy atom. The molecule has 4 rings (SSSR count). The van der Waals surface area contributed by atoms with Gasteiger partial charge in [-0.2, -0.15) is 28.9 Å². The number of hydrogen-bond acceptors (Lipinski definition) is 3. The first-order valence-electron chi connectivity index (χ1n) is 7.09. The number of para-hydroxylation sites is 1. The van der Waals surface area contributed by atoms with Crippen LogP contribution in [0.5, 0.6) is 0 Å². The van der Waals surface area contributed by atoms with Crippen LogP contribution in [0, 0.1) is 0 Å². The van der Waals surface area contributed by atoms with Crippen LogP contribution in [0.2, 0.25) is 0 Å². The van der Waals surface area contributed by atoms with Gasteiger partial charge in [-0.05, 0) is 24.3 Å². The lowest BCUT2D eigenvalue weighted by Gasteiger charge is -2.27. The van der Waals surface area contributed by atoms with Crippen LogP contribution in [0.25, 0.3) is 0 Å². The molecule has 0 amide bonds. The van der Waals surface area contributed by atoms with Crippen molar-refractivity contribution >= 4 is 11.4 Å².